The highest BCUT2D eigenvalue weighted by Gasteiger charge is 2.24. The Morgan fingerprint density at radius 1 is 1.27 bits per heavy atom. The van der Waals surface area contributed by atoms with Crippen LogP contribution in [0.25, 0.3) is 0 Å². The molecular weight excluding hydrogens is 324 g/mol. The summed E-state index contributed by atoms with van der Waals surface area (Å²) in [5, 5.41) is 12.7. The highest BCUT2D eigenvalue weighted by atomic mass is 32.2. The van der Waals surface area contributed by atoms with Gasteiger partial charge in [0.1, 0.15) is 0 Å². The predicted molar refractivity (Wildman–Crippen MR) is 90.9 cm³/mol. The number of aliphatic hydroxyl groups excluding tert-OH is 1. The first-order chi connectivity index (χ1) is 10.5. The van der Waals surface area contributed by atoms with Crippen molar-refractivity contribution in [3.8, 4) is 0 Å². The van der Waals surface area contributed by atoms with E-state index in [1.807, 2.05) is 0 Å². The van der Waals surface area contributed by atoms with Gasteiger partial charge in [-0.15, -0.1) is 0 Å². The van der Waals surface area contributed by atoms with Gasteiger partial charge < -0.3 is 15.3 Å². The van der Waals surface area contributed by atoms with Gasteiger partial charge in [0.05, 0.1) is 11.9 Å². The van der Waals surface area contributed by atoms with Crippen molar-refractivity contribution in [3.63, 3.8) is 0 Å². The summed E-state index contributed by atoms with van der Waals surface area (Å²) in [6, 6.07) is 0. The van der Waals surface area contributed by atoms with E-state index in [0.29, 0.717) is 19.6 Å². The minimum absolute atomic E-state index is 0.0904. The lowest BCUT2D eigenvalue weighted by Gasteiger charge is -2.32. The second kappa shape index (κ2) is 8.37. The highest BCUT2D eigenvalue weighted by molar-refractivity contribution is 7.99. The molecule has 9 heteroatoms. The Balaban J connectivity index is 1.78. The predicted octanol–water partition coefficient (Wildman–Crippen LogP) is -0.603. The molecule has 128 valence electrons. The third-order valence-electron chi connectivity index (χ3n) is 3.98. The van der Waals surface area contributed by atoms with E-state index in [9.17, 15) is 13.5 Å². The molecule has 0 aromatic heterocycles. The number of sulfonamides is 1. The zero-order chi connectivity index (χ0) is 16.0. The fourth-order valence-corrected chi connectivity index (χ4v) is 5.15. The number of nitrogens with zero attached hydrogens (tertiary/aromatic N) is 3. The van der Waals surface area contributed by atoms with Gasteiger partial charge >= 0.3 is 0 Å². The summed E-state index contributed by atoms with van der Waals surface area (Å²) in [4.78, 5) is 6.27. The van der Waals surface area contributed by atoms with Crippen molar-refractivity contribution in [2.75, 3.05) is 57.0 Å². The molecule has 2 N–H and O–H groups in total. The Bertz CT molecular complexity index is 470. The van der Waals surface area contributed by atoms with Gasteiger partial charge in [0.2, 0.25) is 10.0 Å². The number of thioether (sulfide) groups is 1. The number of hydrogen-bond acceptors (Lipinski definition) is 5. The van der Waals surface area contributed by atoms with Crippen LogP contribution < -0.4 is 5.32 Å². The number of rotatable bonds is 4. The summed E-state index contributed by atoms with van der Waals surface area (Å²) in [5.74, 6) is 2.57. The first-order valence-corrected chi connectivity index (χ1v) is 10.5. The summed E-state index contributed by atoms with van der Waals surface area (Å²) in [5.41, 5.74) is 0. The Morgan fingerprint density at radius 3 is 2.50 bits per heavy atom. The van der Waals surface area contributed by atoms with Gasteiger partial charge in [-0.05, 0) is 12.8 Å². The largest absolute Gasteiger partial charge is 0.393 e. The van der Waals surface area contributed by atoms with E-state index in [1.165, 1.54) is 0 Å². The molecule has 0 saturated carbocycles. The Kier molecular flexibility index (Phi) is 6.79. The highest BCUT2D eigenvalue weighted by Crippen LogP contribution is 2.13. The first kappa shape index (κ1) is 17.8. The van der Waals surface area contributed by atoms with E-state index < -0.39 is 10.0 Å². The maximum absolute atomic E-state index is 12.3. The minimum Gasteiger partial charge on any atom is -0.393 e. The van der Waals surface area contributed by atoms with E-state index in [-0.39, 0.29) is 11.9 Å². The Labute approximate surface area is 137 Å². The number of hydrogen-bond donors (Lipinski definition) is 2. The second-order valence-electron chi connectivity index (χ2n) is 5.52. The monoisotopic (exact) mass is 350 g/mol. The lowest BCUT2D eigenvalue weighted by Crippen LogP contribution is -2.48. The molecule has 0 amide bonds. The molecule has 0 spiro atoms. The van der Waals surface area contributed by atoms with E-state index in [1.54, 1.807) is 23.1 Å². The molecule has 7 nitrogen and oxygen atoms in total. The van der Waals surface area contributed by atoms with Crippen molar-refractivity contribution >= 4 is 27.7 Å². The fraction of sp³-hybridized carbons (Fsp3) is 0.923. The molecule has 0 unspecified atom stereocenters. The maximum Gasteiger partial charge on any atom is 0.215 e. The molecule has 2 heterocycles. The average Bonchev–Trinajstić information content (AvgIpc) is 2.53. The number of aliphatic hydroxyl groups is 1. The topological polar surface area (TPSA) is 85.2 Å². The molecule has 2 aliphatic heterocycles. The summed E-state index contributed by atoms with van der Waals surface area (Å²) in [6.45, 7) is 3.09. The van der Waals surface area contributed by atoms with Crippen molar-refractivity contribution in [2.45, 2.75) is 18.9 Å². The quantitative estimate of drug-likeness (QED) is 0.520. The normalized spacial score (nSPS) is 22.8. The van der Waals surface area contributed by atoms with Crippen molar-refractivity contribution in [1.82, 2.24) is 14.5 Å². The average molecular weight is 351 g/mol. The number of likely N-dealkylation sites (tertiary alicyclic amines) is 1. The zero-order valence-corrected chi connectivity index (χ0v) is 14.7. The number of guanidine groups is 1. The Hall–Kier alpha value is -0.510. The summed E-state index contributed by atoms with van der Waals surface area (Å²) >= 11 is 1.80. The van der Waals surface area contributed by atoms with Crippen LogP contribution in [0.1, 0.15) is 12.8 Å². The SMILES string of the molecule is CN=C(NCCS(=O)(=O)N1CCSCC1)N1CCC(O)CC1. The van der Waals surface area contributed by atoms with Crippen LogP contribution in [0.4, 0.5) is 0 Å². The van der Waals surface area contributed by atoms with Crippen molar-refractivity contribution in [3.05, 3.63) is 0 Å². The minimum atomic E-state index is -3.18. The van der Waals surface area contributed by atoms with Crippen LogP contribution in [0.2, 0.25) is 0 Å². The summed E-state index contributed by atoms with van der Waals surface area (Å²) in [6.07, 6.45) is 1.22. The Morgan fingerprint density at radius 2 is 1.91 bits per heavy atom. The van der Waals surface area contributed by atoms with Gasteiger partial charge in [0, 0.05) is 51.3 Å². The third kappa shape index (κ3) is 5.00. The van der Waals surface area contributed by atoms with E-state index in [0.717, 1.165) is 43.4 Å². The van der Waals surface area contributed by atoms with Crippen LogP contribution in [0, 0.1) is 0 Å². The molecule has 2 fully saturated rings. The second-order valence-corrected chi connectivity index (χ2v) is 8.83. The van der Waals surface area contributed by atoms with Crippen LogP contribution >= 0.6 is 11.8 Å². The van der Waals surface area contributed by atoms with Gasteiger partial charge in [-0.2, -0.15) is 11.8 Å². The molecule has 0 atom stereocenters. The first-order valence-electron chi connectivity index (χ1n) is 7.72. The molecule has 2 saturated heterocycles. The molecule has 0 radical (unpaired) electrons. The molecule has 0 aromatic rings. The fourth-order valence-electron chi connectivity index (χ4n) is 2.66. The van der Waals surface area contributed by atoms with Crippen molar-refractivity contribution in [1.29, 1.82) is 0 Å². The van der Waals surface area contributed by atoms with Crippen LogP contribution in [0.3, 0.4) is 0 Å². The molecule has 2 rings (SSSR count). The molecule has 2 aliphatic rings. The van der Waals surface area contributed by atoms with Gasteiger partial charge in [-0.1, -0.05) is 0 Å². The molecule has 0 aliphatic carbocycles. The molecule has 0 bridgehead atoms. The maximum atomic E-state index is 12.3. The lowest BCUT2D eigenvalue weighted by atomic mass is 10.1. The van der Waals surface area contributed by atoms with Gasteiger partial charge in [-0.25, -0.2) is 12.7 Å². The van der Waals surface area contributed by atoms with Crippen LogP contribution in [-0.4, -0.2) is 91.8 Å². The van der Waals surface area contributed by atoms with Crippen LogP contribution in [-0.2, 0) is 10.0 Å². The summed E-state index contributed by atoms with van der Waals surface area (Å²) in [7, 11) is -1.48. The smallest absolute Gasteiger partial charge is 0.215 e. The number of aliphatic imine (C=N–C) groups is 1. The van der Waals surface area contributed by atoms with Gasteiger partial charge in [-0.3, -0.25) is 4.99 Å². The van der Waals surface area contributed by atoms with E-state index in [2.05, 4.69) is 15.2 Å². The van der Waals surface area contributed by atoms with Crippen molar-refractivity contribution < 1.29 is 13.5 Å². The van der Waals surface area contributed by atoms with Crippen molar-refractivity contribution in [2.24, 2.45) is 4.99 Å². The van der Waals surface area contributed by atoms with Crippen LogP contribution in [0.15, 0.2) is 4.99 Å². The molecular formula is C13H26N4O3S2. The standard InChI is InChI=1S/C13H26N4O3S2/c1-14-13(16-5-2-12(18)3-6-16)15-4-11-22(19,20)17-7-9-21-10-8-17/h12,18H,2-11H2,1H3,(H,14,15). The third-order valence-corrected chi connectivity index (χ3v) is 6.80. The molecule has 22 heavy (non-hydrogen) atoms. The zero-order valence-electron chi connectivity index (χ0n) is 13.1. The van der Waals surface area contributed by atoms with E-state index >= 15 is 0 Å². The number of nitrogens with one attached hydrogen (secondary N) is 1. The van der Waals surface area contributed by atoms with Crippen LogP contribution in [0.5, 0.6) is 0 Å². The number of piperidine rings is 1. The lowest BCUT2D eigenvalue weighted by molar-refractivity contribution is 0.108. The van der Waals surface area contributed by atoms with Gasteiger partial charge in [0.15, 0.2) is 5.96 Å². The van der Waals surface area contributed by atoms with Gasteiger partial charge in [0.25, 0.3) is 0 Å². The molecule has 0 aromatic carbocycles. The van der Waals surface area contributed by atoms with E-state index in [4.69, 9.17) is 0 Å². The summed E-state index contributed by atoms with van der Waals surface area (Å²) < 4.78 is 26.1.